The van der Waals surface area contributed by atoms with E-state index in [1.54, 1.807) is 0 Å². The molecule has 2 heteroatoms. The first kappa shape index (κ1) is 14.5. The summed E-state index contributed by atoms with van der Waals surface area (Å²) < 4.78 is 0. The molecule has 0 bridgehead atoms. The Bertz CT molecular complexity index is 183. The normalized spacial score (nSPS) is 13.5. The van der Waals surface area contributed by atoms with Gasteiger partial charge in [-0.05, 0) is 19.3 Å². The maximum absolute atomic E-state index is 9.41. The molecule has 0 rings (SSSR count). The minimum absolute atomic E-state index is 0.0298. The Morgan fingerprint density at radius 3 is 2.27 bits per heavy atom. The number of hydrogen-bond donors (Lipinski definition) is 2. The van der Waals surface area contributed by atoms with Gasteiger partial charge in [0.2, 0.25) is 0 Å². The van der Waals surface area contributed by atoms with Crippen LogP contribution < -0.4 is 5.32 Å². The number of aliphatic hydroxyl groups is 1. The van der Waals surface area contributed by atoms with Crippen LogP contribution in [0.3, 0.4) is 0 Å². The lowest BCUT2D eigenvalue weighted by atomic mass is 9.83. The Morgan fingerprint density at radius 2 is 1.93 bits per heavy atom. The van der Waals surface area contributed by atoms with E-state index >= 15 is 0 Å². The molecular weight excluding hydrogens is 186 g/mol. The summed E-state index contributed by atoms with van der Waals surface area (Å²) in [5, 5.41) is 12.9. The third kappa shape index (κ3) is 4.68. The zero-order valence-corrected chi connectivity index (χ0v) is 10.3. The summed E-state index contributed by atoms with van der Waals surface area (Å²) in [6.07, 6.45) is 9.11. The van der Waals surface area contributed by atoms with E-state index in [0.29, 0.717) is 6.04 Å². The molecule has 0 aliphatic carbocycles. The monoisotopic (exact) mass is 211 g/mol. The molecule has 1 atom stereocenters. The van der Waals surface area contributed by atoms with Crippen molar-refractivity contribution in [1.82, 2.24) is 5.32 Å². The highest BCUT2D eigenvalue weighted by Crippen LogP contribution is 2.24. The van der Waals surface area contributed by atoms with Gasteiger partial charge >= 0.3 is 0 Å². The van der Waals surface area contributed by atoms with Gasteiger partial charge in [0.1, 0.15) is 0 Å². The molecule has 0 aromatic carbocycles. The standard InChI is InChI=1S/C13H25NO/c1-5-9-12(6-2)14-10-13(7-3,8-4)11-15/h1,12,14-15H,6-11H2,2-4H3. The van der Waals surface area contributed by atoms with Gasteiger partial charge in [0.15, 0.2) is 0 Å². The molecule has 0 aliphatic heterocycles. The van der Waals surface area contributed by atoms with Crippen LogP contribution in [0.1, 0.15) is 46.5 Å². The second-order valence-electron chi connectivity index (χ2n) is 4.26. The fourth-order valence-electron chi connectivity index (χ4n) is 1.64. The molecule has 2 N–H and O–H groups in total. The molecule has 0 radical (unpaired) electrons. The molecule has 2 nitrogen and oxygen atoms in total. The Balaban J connectivity index is 4.14. The molecule has 0 saturated heterocycles. The molecule has 0 heterocycles. The average molecular weight is 211 g/mol. The number of hydrogen-bond acceptors (Lipinski definition) is 2. The summed E-state index contributed by atoms with van der Waals surface area (Å²) in [6.45, 7) is 7.50. The van der Waals surface area contributed by atoms with Crippen molar-refractivity contribution < 1.29 is 5.11 Å². The molecular formula is C13H25NO. The van der Waals surface area contributed by atoms with E-state index in [9.17, 15) is 5.11 Å². The number of rotatable bonds is 8. The fraction of sp³-hybridized carbons (Fsp3) is 0.846. The van der Waals surface area contributed by atoms with Crippen molar-refractivity contribution >= 4 is 0 Å². The van der Waals surface area contributed by atoms with Gasteiger partial charge in [-0.25, -0.2) is 0 Å². The van der Waals surface area contributed by atoms with Crippen molar-refractivity contribution in [2.45, 2.75) is 52.5 Å². The van der Waals surface area contributed by atoms with Gasteiger partial charge in [-0.1, -0.05) is 20.8 Å². The van der Waals surface area contributed by atoms with Gasteiger partial charge in [0, 0.05) is 31.0 Å². The van der Waals surface area contributed by atoms with Crippen molar-refractivity contribution in [1.29, 1.82) is 0 Å². The van der Waals surface area contributed by atoms with E-state index in [1.807, 2.05) is 0 Å². The summed E-state index contributed by atoms with van der Waals surface area (Å²) in [5.74, 6) is 2.68. The van der Waals surface area contributed by atoms with Gasteiger partial charge in [-0.15, -0.1) is 12.3 Å². The molecule has 0 aromatic rings. The van der Waals surface area contributed by atoms with E-state index in [4.69, 9.17) is 6.42 Å². The molecule has 0 saturated carbocycles. The van der Waals surface area contributed by atoms with Crippen LogP contribution in [-0.4, -0.2) is 24.3 Å². The van der Waals surface area contributed by atoms with Crippen LogP contribution in [0.2, 0.25) is 0 Å². The second kappa shape index (κ2) is 7.73. The van der Waals surface area contributed by atoms with Gasteiger partial charge in [-0.2, -0.15) is 0 Å². The predicted octanol–water partition coefficient (Wildman–Crippen LogP) is 2.18. The smallest absolute Gasteiger partial charge is 0.0499 e. The van der Waals surface area contributed by atoms with Crippen molar-refractivity contribution in [3.63, 3.8) is 0 Å². The first-order chi connectivity index (χ1) is 7.17. The number of terminal acetylenes is 1. The van der Waals surface area contributed by atoms with Gasteiger partial charge in [-0.3, -0.25) is 0 Å². The Hall–Kier alpha value is -0.520. The lowest BCUT2D eigenvalue weighted by molar-refractivity contribution is 0.109. The Kier molecular flexibility index (Phi) is 7.46. The van der Waals surface area contributed by atoms with Crippen molar-refractivity contribution in [2.75, 3.05) is 13.2 Å². The number of aliphatic hydroxyl groups excluding tert-OH is 1. The van der Waals surface area contributed by atoms with Crippen LogP contribution in [0, 0.1) is 17.8 Å². The largest absolute Gasteiger partial charge is 0.396 e. The van der Waals surface area contributed by atoms with E-state index in [-0.39, 0.29) is 12.0 Å². The zero-order valence-electron chi connectivity index (χ0n) is 10.3. The SMILES string of the molecule is C#CCC(CC)NCC(CC)(CC)CO. The van der Waals surface area contributed by atoms with E-state index in [2.05, 4.69) is 32.0 Å². The minimum Gasteiger partial charge on any atom is -0.396 e. The molecule has 0 aliphatic rings. The molecule has 0 fully saturated rings. The maximum atomic E-state index is 9.41. The molecule has 88 valence electrons. The quantitative estimate of drug-likeness (QED) is 0.603. The summed E-state index contributed by atoms with van der Waals surface area (Å²) in [4.78, 5) is 0. The maximum Gasteiger partial charge on any atom is 0.0499 e. The third-order valence-corrected chi connectivity index (χ3v) is 3.46. The van der Waals surface area contributed by atoms with E-state index < -0.39 is 0 Å². The summed E-state index contributed by atoms with van der Waals surface area (Å²) in [5.41, 5.74) is 0.0298. The van der Waals surface area contributed by atoms with Gasteiger partial charge in [0.25, 0.3) is 0 Å². The van der Waals surface area contributed by atoms with Crippen molar-refractivity contribution in [2.24, 2.45) is 5.41 Å². The second-order valence-corrected chi connectivity index (χ2v) is 4.26. The summed E-state index contributed by atoms with van der Waals surface area (Å²) in [6, 6.07) is 0.388. The van der Waals surface area contributed by atoms with Crippen LogP contribution in [0.15, 0.2) is 0 Å². The molecule has 1 unspecified atom stereocenters. The van der Waals surface area contributed by atoms with Crippen LogP contribution >= 0.6 is 0 Å². The molecule has 0 aromatic heterocycles. The van der Waals surface area contributed by atoms with Crippen LogP contribution in [0.25, 0.3) is 0 Å². The highest BCUT2D eigenvalue weighted by molar-refractivity contribution is 4.90. The molecule has 0 spiro atoms. The van der Waals surface area contributed by atoms with Crippen LogP contribution in [-0.2, 0) is 0 Å². The molecule has 15 heavy (non-hydrogen) atoms. The van der Waals surface area contributed by atoms with E-state index in [1.165, 1.54) is 0 Å². The van der Waals surface area contributed by atoms with Crippen LogP contribution in [0.4, 0.5) is 0 Å². The van der Waals surface area contributed by atoms with Gasteiger partial charge in [0.05, 0.1) is 0 Å². The summed E-state index contributed by atoms with van der Waals surface area (Å²) in [7, 11) is 0. The first-order valence-electron chi connectivity index (χ1n) is 5.95. The van der Waals surface area contributed by atoms with E-state index in [0.717, 1.165) is 32.2 Å². The lowest BCUT2D eigenvalue weighted by Crippen LogP contribution is -2.41. The minimum atomic E-state index is 0.0298. The van der Waals surface area contributed by atoms with Gasteiger partial charge < -0.3 is 10.4 Å². The Labute approximate surface area is 94.5 Å². The topological polar surface area (TPSA) is 32.3 Å². The summed E-state index contributed by atoms with van der Waals surface area (Å²) >= 11 is 0. The predicted molar refractivity (Wildman–Crippen MR) is 65.6 cm³/mol. The third-order valence-electron chi connectivity index (χ3n) is 3.46. The first-order valence-corrected chi connectivity index (χ1v) is 5.95. The van der Waals surface area contributed by atoms with Crippen molar-refractivity contribution in [3.8, 4) is 12.3 Å². The van der Waals surface area contributed by atoms with Crippen molar-refractivity contribution in [3.05, 3.63) is 0 Å². The fourth-order valence-corrected chi connectivity index (χ4v) is 1.64. The Morgan fingerprint density at radius 1 is 1.33 bits per heavy atom. The highest BCUT2D eigenvalue weighted by Gasteiger charge is 2.25. The molecule has 0 amide bonds. The lowest BCUT2D eigenvalue weighted by Gasteiger charge is -2.31. The number of nitrogens with one attached hydrogen (secondary N) is 1. The van der Waals surface area contributed by atoms with Crippen LogP contribution in [0.5, 0.6) is 0 Å². The average Bonchev–Trinajstić information content (AvgIpc) is 2.30. The highest BCUT2D eigenvalue weighted by atomic mass is 16.3. The zero-order chi connectivity index (χ0) is 11.7.